The number of imidazole rings is 1. The summed E-state index contributed by atoms with van der Waals surface area (Å²) in [6, 6.07) is 1.95. The lowest BCUT2D eigenvalue weighted by molar-refractivity contribution is 0.699. The second kappa shape index (κ2) is 4.25. The fraction of sp³-hybridized carbons (Fsp3) is 0.500. The Labute approximate surface area is 88.5 Å². The van der Waals surface area contributed by atoms with Crippen LogP contribution in [0, 0.1) is 0 Å². The van der Waals surface area contributed by atoms with Gasteiger partial charge in [-0.25, -0.2) is 4.98 Å². The number of hydrogen-bond donors (Lipinski definition) is 2. The van der Waals surface area contributed by atoms with Gasteiger partial charge in [0.15, 0.2) is 5.82 Å². The Morgan fingerprint density at radius 1 is 1.33 bits per heavy atom. The van der Waals surface area contributed by atoms with E-state index in [1.807, 2.05) is 6.07 Å². The molecule has 0 atom stereocenters. The quantitative estimate of drug-likeness (QED) is 0.743. The standard InChI is InChI=1S/C10H15N5/c1-2-3-4-5-7-6-8-9(15-14-7)13-10(11)12-8/h6H,2-5H2,1H3,(H3,11,12,13,15). The predicted molar refractivity (Wildman–Crippen MR) is 58.4 cm³/mol. The lowest BCUT2D eigenvalue weighted by Gasteiger charge is -2.01. The number of rotatable bonds is 4. The number of unbranched alkanes of at least 4 members (excludes halogenated alkanes) is 2. The van der Waals surface area contributed by atoms with E-state index in [2.05, 4.69) is 27.1 Å². The Hall–Kier alpha value is -1.65. The molecule has 0 amide bonds. The van der Waals surface area contributed by atoms with E-state index in [1.54, 1.807) is 0 Å². The number of nitrogens with zero attached hydrogens (tertiary/aromatic N) is 3. The van der Waals surface area contributed by atoms with Crippen molar-refractivity contribution in [2.45, 2.75) is 32.6 Å². The van der Waals surface area contributed by atoms with Crippen LogP contribution in [0.1, 0.15) is 31.9 Å². The van der Waals surface area contributed by atoms with Crippen LogP contribution in [0.4, 0.5) is 5.95 Å². The van der Waals surface area contributed by atoms with Crippen molar-refractivity contribution in [1.82, 2.24) is 20.2 Å². The van der Waals surface area contributed by atoms with E-state index in [9.17, 15) is 0 Å². The SMILES string of the molecule is CCCCCc1cc2nc(N)nc-2[nH]n1. The zero-order valence-electron chi connectivity index (χ0n) is 8.82. The van der Waals surface area contributed by atoms with Gasteiger partial charge in [-0.3, -0.25) is 5.10 Å². The topological polar surface area (TPSA) is 80.5 Å². The third kappa shape index (κ3) is 2.23. The maximum atomic E-state index is 5.49. The molecule has 80 valence electrons. The number of aryl methyl sites for hydroxylation is 1. The number of H-pyrrole nitrogens is 1. The first-order valence-corrected chi connectivity index (χ1v) is 5.27. The van der Waals surface area contributed by atoms with Crippen molar-refractivity contribution in [2.75, 3.05) is 5.73 Å². The maximum absolute atomic E-state index is 5.49. The van der Waals surface area contributed by atoms with Crippen molar-refractivity contribution in [3.05, 3.63) is 11.8 Å². The minimum absolute atomic E-state index is 0.300. The second-order valence-corrected chi connectivity index (χ2v) is 3.63. The molecule has 2 rings (SSSR count). The number of nitrogens with one attached hydrogen (secondary N) is 1. The highest BCUT2D eigenvalue weighted by atomic mass is 15.2. The van der Waals surface area contributed by atoms with Gasteiger partial charge in [0.05, 0.1) is 5.69 Å². The molecule has 2 aliphatic rings. The van der Waals surface area contributed by atoms with Crippen LogP contribution in [0.3, 0.4) is 0 Å². The molecule has 0 fully saturated rings. The molecule has 3 N–H and O–H groups in total. The first-order valence-electron chi connectivity index (χ1n) is 5.27. The molecule has 0 aromatic carbocycles. The summed E-state index contributed by atoms with van der Waals surface area (Å²) >= 11 is 0. The highest BCUT2D eigenvalue weighted by molar-refractivity contribution is 5.54. The van der Waals surface area contributed by atoms with Crippen LogP contribution in [0.15, 0.2) is 6.07 Å². The normalized spacial score (nSPS) is 11.0. The van der Waals surface area contributed by atoms with Crippen molar-refractivity contribution >= 4 is 5.95 Å². The molecular weight excluding hydrogens is 190 g/mol. The highest BCUT2D eigenvalue weighted by Gasteiger charge is 2.10. The van der Waals surface area contributed by atoms with Gasteiger partial charge in [-0.1, -0.05) is 19.8 Å². The number of fused-ring (bicyclic) bond motifs is 1. The largest absolute Gasteiger partial charge is 0.368 e. The molecule has 0 radical (unpaired) electrons. The molecule has 0 unspecified atom stereocenters. The van der Waals surface area contributed by atoms with Crippen LogP contribution in [-0.2, 0) is 6.42 Å². The summed E-state index contributed by atoms with van der Waals surface area (Å²) in [7, 11) is 0. The summed E-state index contributed by atoms with van der Waals surface area (Å²) in [6.45, 7) is 2.19. The summed E-state index contributed by atoms with van der Waals surface area (Å²) in [6.07, 6.45) is 4.59. The van der Waals surface area contributed by atoms with Crippen LogP contribution in [0.25, 0.3) is 11.5 Å². The molecule has 0 saturated carbocycles. The summed E-state index contributed by atoms with van der Waals surface area (Å²) < 4.78 is 0. The number of anilines is 1. The molecule has 0 bridgehead atoms. The van der Waals surface area contributed by atoms with Gasteiger partial charge >= 0.3 is 0 Å². The minimum Gasteiger partial charge on any atom is -0.368 e. The number of nitrogen functional groups attached to an aromatic ring is 1. The van der Waals surface area contributed by atoms with Crippen LogP contribution in [-0.4, -0.2) is 20.2 Å². The van der Waals surface area contributed by atoms with Crippen molar-refractivity contribution in [1.29, 1.82) is 0 Å². The maximum Gasteiger partial charge on any atom is 0.222 e. The first kappa shape index (κ1) is 9.89. The lowest BCUT2D eigenvalue weighted by Crippen LogP contribution is -1.96. The fourth-order valence-corrected chi connectivity index (χ4v) is 1.56. The Morgan fingerprint density at radius 2 is 2.20 bits per heavy atom. The Morgan fingerprint density at radius 3 is 3.00 bits per heavy atom. The summed E-state index contributed by atoms with van der Waals surface area (Å²) in [4.78, 5) is 8.10. The van der Waals surface area contributed by atoms with Crippen molar-refractivity contribution < 1.29 is 0 Å². The number of nitrogens with two attached hydrogens (primary N) is 1. The Bertz CT molecular complexity index is 409. The van der Waals surface area contributed by atoms with Gasteiger partial charge in [0, 0.05) is 0 Å². The smallest absolute Gasteiger partial charge is 0.222 e. The van der Waals surface area contributed by atoms with E-state index in [1.165, 1.54) is 12.8 Å². The van der Waals surface area contributed by atoms with Gasteiger partial charge < -0.3 is 5.73 Å². The van der Waals surface area contributed by atoms with Crippen molar-refractivity contribution in [3.8, 4) is 11.5 Å². The molecule has 15 heavy (non-hydrogen) atoms. The summed E-state index contributed by atoms with van der Waals surface area (Å²) in [5.74, 6) is 0.959. The molecule has 0 aromatic rings. The van der Waals surface area contributed by atoms with E-state index in [0.717, 1.165) is 24.2 Å². The molecule has 0 aliphatic carbocycles. The van der Waals surface area contributed by atoms with Gasteiger partial charge in [0.1, 0.15) is 5.69 Å². The van der Waals surface area contributed by atoms with Crippen LogP contribution in [0.2, 0.25) is 0 Å². The van der Waals surface area contributed by atoms with Crippen molar-refractivity contribution in [2.24, 2.45) is 0 Å². The number of aromatic amines is 1. The van der Waals surface area contributed by atoms with Crippen LogP contribution in [0.5, 0.6) is 0 Å². The van der Waals surface area contributed by atoms with Gasteiger partial charge in [-0.15, -0.1) is 0 Å². The zero-order chi connectivity index (χ0) is 10.7. The van der Waals surface area contributed by atoms with Crippen LogP contribution < -0.4 is 5.73 Å². The average molecular weight is 205 g/mol. The molecule has 2 heterocycles. The molecule has 5 heteroatoms. The molecule has 0 saturated heterocycles. The molecule has 2 aliphatic heterocycles. The minimum atomic E-state index is 0.300. The zero-order valence-corrected chi connectivity index (χ0v) is 8.82. The third-order valence-electron chi connectivity index (χ3n) is 2.35. The van der Waals surface area contributed by atoms with Gasteiger partial charge in [0.2, 0.25) is 5.95 Å². The molecule has 0 spiro atoms. The summed E-state index contributed by atoms with van der Waals surface area (Å²) in [5.41, 5.74) is 7.32. The Kier molecular flexibility index (Phi) is 2.80. The number of hydrogen-bond acceptors (Lipinski definition) is 4. The lowest BCUT2D eigenvalue weighted by atomic mass is 10.1. The van der Waals surface area contributed by atoms with E-state index in [0.29, 0.717) is 11.8 Å². The van der Waals surface area contributed by atoms with E-state index >= 15 is 0 Å². The first-order chi connectivity index (χ1) is 7.29. The fourth-order valence-electron chi connectivity index (χ4n) is 1.56. The van der Waals surface area contributed by atoms with E-state index in [4.69, 9.17) is 5.73 Å². The average Bonchev–Trinajstić information content (AvgIpc) is 2.57. The highest BCUT2D eigenvalue weighted by Crippen LogP contribution is 2.17. The van der Waals surface area contributed by atoms with Crippen LogP contribution >= 0.6 is 0 Å². The van der Waals surface area contributed by atoms with E-state index in [-0.39, 0.29) is 0 Å². The van der Waals surface area contributed by atoms with Gasteiger partial charge in [-0.05, 0) is 18.9 Å². The molecular formula is C10H15N5. The summed E-state index contributed by atoms with van der Waals surface area (Å²) in [5, 5.41) is 7.07. The monoisotopic (exact) mass is 205 g/mol. The predicted octanol–water partition coefficient (Wildman–Crippen LogP) is 1.62. The Balaban J connectivity index is 2.13. The molecule has 0 aromatic heterocycles. The van der Waals surface area contributed by atoms with E-state index < -0.39 is 0 Å². The second-order valence-electron chi connectivity index (χ2n) is 3.63. The third-order valence-corrected chi connectivity index (χ3v) is 2.35. The van der Waals surface area contributed by atoms with Crippen molar-refractivity contribution in [3.63, 3.8) is 0 Å². The number of aromatic nitrogens is 4. The van der Waals surface area contributed by atoms with Gasteiger partial charge in [-0.2, -0.15) is 10.1 Å². The van der Waals surface area contributed by atoms with Gasteiger partial charge in [0.25, 0.3) is 0 Å². The molecule has 5 nitrogen and oxygen atoms in total.